The number of aryl methyl sites for hydroxylation is 1. The molecule has 7 heteroatoms. The molecule has 2 N–H and O–H groups in total. The number of sulfonamides is 1. The molecule has 1 aliphatic heterocycles. The molecule has 0 bridgehead atoms. The van der Waals surface area contributed by atoms with Crippen LogP contribution in [0, 0.1) is 6.92 Å². The summed E-state index contributed by atoms with van der Waals surface area (Å²) in [5.41, 5.74) is 3.48. The fraction of sp³-hybridized carbons (Fsp3) is 0.316. The normalized spacial score (nSPS) is 14.4. The number of para-hydroxylation sites is 1. The lowest BCUT2D eigenvalue weighted by atomic mass is 10.2. The molecule has 1 aliphatic rings. The maximum Gasteiger partial charge on any atom is 0.240 e. The molecule has 26 heavy (non-hydrogen) atoms. The molecule has 0 radical (unpaired) electrons. The van der Waals surface area contributed by atoms with E-state index in [1.165, 1.54) is 5.56 Å². The molecule has 138 valence electrons. The van der Waals surface area contributed by atoms with E-state index >= 15 is 0 Å². The van der Waals surface area contributed by atoms with Crippen molar-refractivity contribution in [3.05, 3.63) is 59.7 Å². The number of hydrogen-bond donors (Lipinski definition) is 2. The van der Waals surface area contributed by atoms with Gasteiger partial charge in [0.25, 0.3) is 0 Å². The standard InChI is InChI=1S/C19H24N4O2S/c1-15-7-9-17(10-8-15)26(24,25)22-13-12-21-19(20-2)23-14-11-16-5-3-4-6-18(16)23/h3-10,22H,11-14H2,1-2H3,(H,20,21). The minimum absolute atomic E-state index is 0.279. The third kappa shape index (κ3) is 4.05. The Balaban J connectivity index is 1.55. The lowest BCUT2D eigenvalue weighted by Gasteiger charge is -2.22. The average molecular weight is 372 g/mol. The Morgan fingerprint density at radius 2 is 1.85 bits per heavy atom. The maximum atomic E-state index is 12.3. The number of fused-ring (bicyclic) bond motifs is 1. The molecule has 0 spiro atoms. The summed E-state index contributed by atoms with van der Waals surface area (Å²) in [6.07, 6.45) is 0.983. The van der Waals surface area contributed by atoms with Crippen LogP contribution in [0.15, 0.2) is 58.4 Å². The summed E-state index contributed by atoms with van der Waals surface area (Å²) in [5, 5.41) is 3.23. The third-order valence-electron chi connectivity index (χ3n) is 4.39. The number of aliphatic imine (C=N–C) groups is 1. The summed E-state index contributed by atoms with van der Waals surface area (Å²) < 4.78 is 27.2. The largest absolute Gasteiger partial charge is 0.355 e. The second-order valence-electron chi connectivity index (χ2n) is 6.22. The van der Waals surface area contributed by atoms with Gasteiger partial charge in [-0.3, -0.25) is 4.99 Å². The van der Waals surface area contributed by atoms with Crippen molar-refractivity contribution in [1.82, 2.24) is 10.0 Å². The molecular formula is C19H24N4O2S. The molecule has 0 aromatic heterocycles. The van der Waals surface area contributed by atoms with Crippen molar-refractivity contribution < 1.29 is 8.42 Å². The van der Waals surface area contributed by atoms with Gasteiger partial charge in [-0.15, -0.1) is 0 Å². The van der Waals surface area contributed by atoms with E-state index in [9.17, 15) is 8.42 Å². The molecule has 3 rings (SSSR count). The van der Waals surface area contributed by atoms with E-state index in [0.717, 1.165) is 30.2 Å². The summed E-state index contributed by atoms with van der Waals surface area (Å²) in [7, 11) is -1.76. The first kappa shape index (κ1) is 18.4. The fourth-order valence-corrected chi connectivity index (χ4v) is 4.05. The minimum atomic E-state index is -3.49. The first-order valence-electron chi connectivity index (χ1n) is 8.64. The van der Waals surface area contributed by atoms with Gasteiger partial charge in [0.15, 0.2) is 5.96 Å². The molecule has 0 amide bonds. The highest BCUT2D eigenvalue weighted by molar-refractivity contribution is 7.89. The van der Waals surface area contributed by atoms with Gasteiger partial charge in [-0.05, 0) is 37.1 Å². The van der Waals surface area contributed by atoms with Crippen LogP contribution in [0.3, 0.4) is 0 Å². The highest BCUT2D eigenvalue weighted by Gasteiger charge is 2.22. The van der Waals surface area contributed by atoms with Gasteiger partial charge in [-0.1, -0.05) is 35.9 Å². The lowest BCUT2D eigenvalue weighted by molar-refractivity contribution is 0.580. The van der Waals surface area contributed by atoms with Gasteiger partial charge < -0.3 is 10.2 Å². The summed E-state index contributed by atoms with van der Waals surface area (Å²) in [6, 6.07) is 15.1. The predicted octanol–water partition coefficient (Wildman–Crippen LogP) is 1.91. The van der Waals surface area contributed by atoms with E-state index in [-0.39, 0.29) is 11.4 Å². The molecule has 0 fully saturated rings. The number of hydrogen-bond acceptors (Lipinski definition) is 3. The monoisotopic (exact) mass is 372 g/mol. The van der Waals surface area contributed by atoms with Gasteiger partial charge in [0.05, 0.1) is 4.90 Å². The summed E-state index contributed by atoms with van der Waals surface area (Å²) in [5.74, 6) is 0.754. The molecular weight excluding hydrogens is 348 g/mol. The van der Waals surface area contributed by atoms with Crippen molar-refractivity contribution in [3.8, 4) is 0 Å². The lowest BCUT2D eigenvalue weighted by Crippen LogP contribution is -2.43. The Bertz CT molecular complexity index is 892. The van der Waals surface area contributed by atoms with Crippen LogP contribution < -0.4 is 14.9 Å². The van der Waals surface area contributed by atoms with Crippen LogP contribution in [0.5, 0.6) is 0 Å². The Kier molecular flexibility index (Phi) is 5.58. The fourth-order valence-electron chi connectivity index (χ4n) is 3.01. The molecule has 0 saturated heterocycles. The molecule has 0 saturated carbocycles. The number of nitrogens with zero attached hydrogens (tertiary/aromatic N) is 2. The summed E-state index contributed by atoms with van der Waals surface area (Å²) in [4.78, 5) is 6.73. The van der Waals surface area contributed by atoms with Gasteiger partial charge in [0.2, 0.25) is 10.0 Å². The number of rotatable bonds is 5. The van der Waals surface area contributed by atoms with Crippen molar-refractivity contribution in [2.75, 3.05) is 31.6 Å². The SMILES string of the molecule is CN=C(NCCNS(=O)(=O)c1ccc(C)cc1)N1CCc2ccccc21. The zero-order chi connectivity index (χ0) is 18.6. The topological polar surface area (TPSA) is 73.8 Å². The minimum Gasteiger partial charge on any atom is -0.355 e. The van der Waals surface area contributed by atoms with Crippen LogP contribution in [0.2, 0.25) is 0 Å². The van der Waals surface area contributed by atoms with Gasteiger partial charge in [0, 0.05) is 32.4 Å². The van der Waals surface area contributed by atoms with Crippen LogP contribution in [-0.4, -0.2) is 41.1 Å². The van der Waals surface area contributed by atoms with Crippen LogP contribution in [0.25, 0.3) is 0 Å². The summed E-state index contributed by atoms with van der Waals surface area (Å²) >= 11 is 0. The quantitative estimate of drug-likeness (QED) is 0.478. The first-order valence-corrected chi connectivity index (χ1v) is 10.1. The Morgan fingerprint density at radius 1 is 1.12 bits per heavy atom. The van der Waals surface area contributed by atoms with Crippen LogP contribution >= 0.6 is 0 Å². The van der Waals surface area contributed by atoms with Crippen molar-refractivity contribution in [2.24, 2.45) is 4.99 Å². The smallest absolute Gasteiger partial charge is 0.240 e. The zero-order valence-electron chi connectivity index (χ0n) is 15.1. The Hall–Kier alpha value is -2.38. The van der Waals surface area contributed by atoms with E-state index in [4.69, 9.17) is 0 Å². The van der Waals surface area contributed by atoms with Gasteiger partial charge in [-0.25, -0.2) is 13.1 Å². The first-order chi connectivity index (χ1) is 12.5. The van der Waals surface area contributed by atoms with Crippen molar-refractivity contribution in [1.29, 1.82) is 0 Å². The number of benzene rings is 2. The maximum absolute atomic E-state index is 12.3. The average Bonchev–Trinajstić information content (AvgIpc) is 3.06. The van der Waals surface area contributed by atoms with Crippen molar-refractivity contribution in [2.45, 2.75) is 18.2 Å². The second-order valence-corrected chi connectivity index (χ2v) is 7.98. The number of anilines is 1. The molecule has 0 unspecified atom stereocenters. The van der Waals surface area contributed by atoms with Gasteiger partial charge in [0.1, 0.15) is 0 Å². The highest BCUT2D eigenvalue weighted by atomic mass is 32.2. The van der Waals surface area contributed by atoms with Crippen LogP contribution in [-0.2, 0) is 16.4 Å². The molecule has 6 nitrogen and oxygen atoms in total. The molecule has 2 aromatic carbocycles. The highest BCUT2D eigenvalue weighted by Crippen LogP contribution is 2.27. The second kappa shape index (κ2) is 7.88. The van der Waals surface area contributed by atoms with Gasteiger partial charge >= 0.3 is 0 Å². The Morgan fingerprint density at radius 3 is 2.58 bits per heavy atom. The molecule has 2 aromatic rings. The van der Waals surface area contributed by atoms with Crippen LogP contribution in [0.4, 0.5) is 5.69 Å². The zero-order valence-corrected chi connectivity index (χ0v) is 15.9. The van der Waals surface area contributed by atoms with Crippen molar-refractivity contribution in [3.63, 3.8) is 0 Å². The Labute approximate surface area is 155 Å². The van der Waals surface area contributed by atoms with E-state index < -0.39 is 10.0 Å². The van der Waals surface area contributed by atoms with Gasteiger partial charge in [-0.2, -0.15) is 0 Å². The summed E-state index contributed by atoms with van der Waals surface area (Å²) in [6.45, 7) is 3.53. The van der Waals surface area contributed by atoms with E-state index in [0.29, 0.717) is 6.54 Å². The van der Waals surface area contributed by atoms with E-state index in [2.05, 4.69) is 32.1 Å². The number of nitrogens with one attached hydrogen (secondary N) is 2. The molecule has 0 atom stereocenters. The van der Waals surface area contributed by atoms with Crippen LogP contribution in [0.1, 0.15) is 11.1 Å². The number of guanidine groups is 1. The van der Waals surface area contributed by atoms with E-state index in [1.54, 1.807) is 31.3 Å². The van der Waals surface area contributed by atoms with E-state index in [1.807, 2.05) is 19.1 Å². The predicted molar refractivity (Wildman–Crippen MR) is 105 cm³/mol. The molecule has 1 heterocycles. The van der Waals surface area contributed by atoms with Crippen molar-refractivity contribution >= 4 is 21.7 Å². The molecule has 0 aliphatic carbocycles. The third-order valence-corrected chi connectivity index (χ3v) is 5.86.